The first-order valence-electron chi connectivity index (χ1n) is 18.8. The molecule has 12 aromatic rings. The van der Waals surface area contributed by atoms with Crippen molar-refractivity contribution in [1.82, 2.24) is 24.1 Å². The zero-order valence-corrected chi connectivity index (χ0v) is 30.0. The molecule has 0 N–H and O–H groups in total. The molecule has 56 heavy (non-hydrogen) atoms. The second kappa shape index (κ2) is 11.9. The number of para-hydroxylation sites is 3. The predicted octanol–water partition coefficient (Wildman–Crippen LogP) is 12.7. The van der Waals surface area contributed by atoms with Crippen LogP contribution in [0.1, 0.15) is 0 Å². The van der Waals surface area contributed by atoms with Gasteiger partial charge >= 0.3 is 0 Å². The van der Waals surface area contributed by atoms with Crippen molar-refractivity contribution in [1.29, 1.82) is 0 Å². The summed E-state index contributed by atoms with van der Waals surface area (Å²) in [4.78, 5) is 0. The molecule has 0 bridgehead atoms. The molecule has 0 spiro atoms. The molecule has 0 amide bonds. The van der Waals surface area contributed by atoms with Crippen LogP contribution in [-0.2, 0) is 0 Å². The fourth-order valence-electron chi connectivity index (χ4n) is 8.79. The number of rotatable bonds is 5. The van der Waals surface area contributed by atoms with E-state index in [0.717, 1.165) is 94.4 Å². The SMILES string of the molecule is c1ccc(-c2nnn(-c3cccc4c3c3ccccc3n4-c3cccc(-n4c5ccccc5c5cc6c(cc54)oc4ccccc46)c3)c2-c2ccccc2)cc1. The van der Waals surface area contributed by atoms with Crippen molar-refractivity contribution in [3.8, 4) is 39.6 Å². The minimum Gasteiger partial charge on any atom is -0.456 e. The Balaban J connectivity index is 1.09. The lowest BCUT2D eigenvalue weighted by Crippen LogP contribution is -2.01. The molecule has 262 valence electrons. The maximum atomic E-state index is 6.41. The van der Waals surface area contributed by atoms with Crippen LogP contribution >= 0.6 is 0 Å². The van der Waals surface area contributed by atoms with Crippen LogP contribution in [0.25, 0.3) is 105 Å². The summed E-state index contributed by atoms with van der Waals surface area (Å²) >= 11 is 0. The summed E-state index contributed by atoms with van der Waals surface area (Å²) in [5, 5.41) is 16.6. The number of nitrogens with zero attached hydrogens (tertiary/aromatic N) is 5. The third-order valence-corrected chi connectivity index (χ3v) is 11.2. The number of aromatic nitrogens is 5. The van der Waals surface area contributed by atoms with E-state index in [4.69, 9.17) is 14.7 Å². The van der Waals surface area contributed by atoms with Gasteiger partial charge in [0.2, 0.25) is 0 Å². The van der Waals surface area contributed by atoms with Crippen LogP contribution in [0.2, 0.25) is 0 Å². The largest absolute Gasteiger partial charge is 0.456 e. The summed E-state index contributed by atoms with van der Waals surface area (Å²) in [6.45, 7) is 0. The fourth-order valence-corrected chi connectivity index (χ4v) is 8.79. The third kappa shape index (κ3) is 4.44. The number of hydrogen-bond donors (Lipinski definition) is 0. The molecule has 4 aromatic heterocycles. The van der Waals surface area contributed by atoms with E-state index in [2.05, 4.69) is 161 Å². The van der Waals surface area contributed by atoms with E-state index >= 15 is 0 Å². The van der Waals surface area contributed by atoms with Crippen LogP contribution in [0.5, 0.6) is 0 Å². The van der Waals surface area contributed by atoms with Crippen molar-refractivity contribution < 1.29 is 4.42 Å². The molecule has 6 nitrogen and oxygen atoms in total. The first-order chi connectivity index (χ1) is 27.8. The van der Waals surface area contributed by atoms with E-state index in [9.17, 15) is 0 Å². The van der Waals surface area contributed by atoms with Crippen molar-refractivity contribution in [3.63, 3.8) is 0 Å². The lowest BCUT2D eigenvalue weighted by atomic mass is 10.0. The van der Waals surface area contributed by atoms with Gasteiger partial charge in [0.25, 0.3) is 0 Å². The highest BCUT2D eigenvalue weighted by Crippen LogP contribution is 2.41. The van der Waals surface area contributed by atoms with Crippen molar-refractivity contribution >= 4 is 65.6 Å². The number of hydrogen-bond acceptors (Lipinski definition) is 3. The first kappa shape index (κ1) is 30.7. The zero-order valence-electron chi connectivity index (χ0n) is 30.0. The van der Waals surface area contributed by atoms with Crippen molar-refractivity contribution in [2.75, 3.05) is 0 Å². The maximum Gasteiger partial charge on any atom is 0.137 e. The van der Waals surface area contributed by atoms with E-state index in [1.54, 1.807) is 0 Å². The van der Waals surface area contributed by atoms with E-state index in [0.29, 0.717) is 0 Å². The van der Waals surface area contributed by atoms with Gasteiger partial charge < -0.3 is 13.6 Å². The van der Waals surface area contributed by atoms with Crippen LogP contribution in [0.4, 0.5) is 0 Å². The van der Waals surface area contributed by atoms with Crippen LogP contribution in [0.3, 0.4) is 0 Å². The second-order valence-electron chi connectivity index (χ2n) is 14.3. The molecule has 0 saturated carbocycles. The van der Waals surface area contributed by atoms with E-state index in [1.807, 2.05) is 41.1 Å². The molecule has 0 radical (unpaired) electrons. The molecule has 0 aliphatic rings. The highest BCUT2D eigenvalue weighted by Gasteiger charge is 2.23. The molecule has 4 heterocycles. The van der Waals surface area contributed by atoms with Gasteiger partial charge in [0.15, 0.2) is 0 Å². The van der Waals surface area contributed by atoms with Crippen LogP contribution < -0.4 is 0 Å². The maximum absolute atomic E-state index is 6.41. The molecule has 6 heteroatoms. The van der Waals surface area contributed by atoms with Crippen molar-refractivity contribution in [3.05, 3.63) is 188 Å². The highest BCUT2D eigenvalue weighted by atomic mass is 16.3. The minimum atomic E-state index is 0.844. The van der Waals surface area contributed by atoms with Crippen LogP contribution in [0, 0.1) is 0 Å². The van der Waals surface area contributed by atoms with Gasteiger partial charge in [-0.15, -0.1) is 5.10 Å². The topological polar surface area (TPSA) is 53.7 Å². The Morgan fingerprint density at radius 2 is 1.00 bits per heavy atom. The van der Waals surface area contributed by atoms with Gasteiger partial charge in [-0.2, -0.15) is 0 Å². The Morgan fingerprint density at radius 1 is 0.393 bits per heavy atom. The number of furan rings is 1. The minimum absolute atomic E-state index is 0.844. The van der Waals surface area contributed by atoms with E-state index in [-0.39, 0.29) is 0 Å². The van der Waals surface area contributed by atoms with Crippen molar-refractivity contribution in [2.45, 2.75) is 0 Å². The van der Waals surface area contributed by atoms with Gasteiger partial charge in [-0.3, -0.25) is 0 Å². The Kier molecular flexibility index (Phi) is 6.53. The van der Waals surface area contributed by atoms with Crippen LogP contribution in [-0.4, -0.2) is 24.1 Å². The van der Waals surface area contributed by atoms with E-state index < -0.39 is 0 Å². The third-order valence-electron chi connectivity index (χ3n) is 11.2. The molecular formula is C50H31N5O. The molecule has 0 saturated heterocycles. The summed E-state index contributed by atoms with van der Waals surface area (Å²) in [6, 6.07) is 66.2. The summed E-state index contributed by atoms with van der Waals surface area (Å²) in [5.74, 6) is 0. The van der Waals surface area contributed by atoms with Gasteiger partial charge in [0.05, 0.1) is 27.8 Å². The molecular weight excluding hydrogens is 687 g/mol. The molecule has 8 aromatic carbocycles. The fraction of sp³-hybridized carbons (Fsp3) is 0. The van der Waals surface area contributed by atoms with Crippen LogP contribution in [0.15, 0.2) is 192 Å². The molecule has 0 atom stereocenters. The van der Waals surface area contributed by atoms with E-state index in [1.165, 1.54) is 10.8 Å². The summed E-state index contributed by atoms with van der Waals surface area (Å²) in [6.07, 6.45) is 0. The Labute approximate surface area is 320 Å². The predicted molar refractivity (Wildman–Crippen MR) is 228 cm³/mol. The molecule has 0 aliphatic heterocycles. The van der Waals surface area contributed by atoms with Gasteiger partial charge in [-0.05, 0) is 54.6 Å². The zero-order chi connectivity index (χ0) is 36.7. The van der Waals surface area contributed by atoms with Crippen molar-refractivity contribution in [2.24, 2.45) is 0 Å². The first-order valence-corrected chi connectivity index (χ1v) is 18.8. The number of benzene rings is 8. The summed E-state index contributed by atoms with van der Waals surface area (Å²) in [5.41, 5.74) is 13.2. The summed E-state index contributed by atoms with van der Waals surface area (Å²) < 4.78 is 13.2. The Hall–Kier alpha value is -7.70. The second-order valence-corrected chi connectivity index (χ2v) is 14.3. The Bertz CT molecular complexity index is 3480. The van der Waals surface area contributed by atoms with Gasteiger partial charge in [0.1, 0.15) is 22.6 Å². The average Bonchev–Trinajstić information content (AvgIpc) is 4.03. The summed E-state index contributed by atoms with van der Waals surface area (Å²) in [7, 11) is 0. The normalized spacial score (nSPS) is 11.9. The molecule has 0 aliphatic carbocycles. The lowest BCUT2D eigenvalue weighted by Gasteiger charge is -2.13. The molecule has 0 fully saturated rings. The highest BCUT2D eigenvalue weighted by molar-refractivity contribution is 6.17. The number of fused-ring (bicyclic) bond motifs is 9. The molecule has 0 unspecified atom stereocenters. The Morgan fingerprint density at radius 3 is 1.79 bits per heavy atom. The smallest absolute Gasteiger partial charge is 0.137 e. The van der Waals surface area contributed by atoms with Gasteiger partial charge in [-0.25, -0.2) is 4.68 Å². The van der Waals surface area contributed by atoms with Gasteiger partial charge in [0, 0.05) is 60.9 Å². The standard InChI is InChI=1S/C50H31N5O/c1-3-15-32(16-4-1)49-50(33-17-5-2-6-18-33)55(52-51-49)44-27-14-26-43-48(44)38-23-8-11-25-42(38)53(43)34-19-13-20-35(29-34)54-41-24-10-7-21-36(41)39-30-40-37-22-9-12-28-46(37)56-47(40)31-45(39)54/h1-31H. The quantitative estimate of drug-likeness (QED) is 0.178. The average molecular weight is 718 g/mol. The monoisotopic (exact) mass is 717 g/mol. The lowest BCUT2D eigenvalue weighted by molar-refractivity contribution is 0.669. The van der Waals surface area contributed by atoms with Gasteiger partial charge in [-0.1, -0.05) is 133 Å². The molecule has 12 rings (SSSR count).